The van der Waals surface area contributed by atoms with Gasteiger partial charge in [-0.3, -0.25) is 9.59 Å². The van der Waals surface area contributed by atoms with E-state index >= 15 is 0 Å². The Balaban J connectivity index is 1.95. The smallest absolute Gasteiger partial charge is 0.313 e. The van der Waals surface area contributed by atoms with Crippen LogP contribution in [0.5, 0.6) is 0 Å². The molecular formula is C15H14F2N2O4. The van der Waals surface area contributed by atoms with Gasteiger partial charge in [0.25, 0.3) is 0 Å². The van der Waals surface area contributed by atoms with Crippen LogP contribution < -0.4 is 10.6 Å². The topological polar surface area (TPSA) is 91.6 Å². The normalized spacial score (nSPS) is 13.2. The molecule has 1 heterocycles. The Morgan fingerprint density at radius 1 is 1.22 bits per heavy atom. The van der Waals surface area contributed by atoms with Gasteiger partial charge in [-0.2, -0.15) is 0 Å². The highest BCUT2D eigenvalue weighted by molar-refractivity contribution is 6.39. The Bertz CT molecular complexity index is 714. The summed E-state index contributed by atoms with van der Waals surface area (Å²) in [5.74, 6) is -4.51. The molecule has 122 valence electrons. The van der Waals surface area contributed by atoms with Gasteiger partial charge in [0.1, 0.15) is 11.4 Å². The fraction of sp³-hybridized carbons (Fsp3) is 0.200. The second-order valence-electron chi connectivity index (χ2n) is 4.99. The molecule has 1 atom stereocenters. The van der Waals surface area contributed by atoms with Crippen LogP contribution >= 0.6 is 0 Å². The molecule has 0 fully saturated rings. The number of carbonyl (C=O) groups excluding carboxylic acids is 2. The molecule has 0 radical (unpaired) electrons. The Morgan fingerprint density at radius 2 is 1.96 bits per heavy atom. The van der Waals surface area contributed by atoms with E-state index in [1.165, 1.54) is 25.3 Å². The van der Waals surface area contributed by atoms with Crippen LogP contribution in [0.1, 0.15) is 12.7 Å². The minimum atomic E-state index is -1.52. The minimum absolute atomic E-state index is 0.203. The molecule has 1 aromatic carbocycles. The van der Waals surface area contributed by atoms with Gasteiger partial charge in [-0.15, -0.1) is 0 Å². The van der Waals surface area contributed by atoms with E-state index in [1.54, 1.807) is 6.07 Å². The SMILES string of the molecule is CC(O)(CNC(=O)C(=O)Nc1cccc(F)c1F)c1ccco1. The molecule has 0 spiro atoms. The minimum Gasteiger partial charge on any atom is -0.466 e. The van der Waals surface area contributed by atoms with E-state index in [4.69, 9.17) is 4.42 Å². The van der Waals surface area contributed by atoms with Crippen molar-refractivity contribution in [3.8, 4) is 0 Å². The van der Waals surface area contributed by atoms with Gasteiger partial charge >= 0.3 is 11.8 Å². The van der Waals surface area contributed by atoms with Crippen molar-refractivity contribution in [1.29, 1.82) is 0 Å². The zero-order valence-corrected chi connectivity index (χ0v) is 12.1. The average Bonchev–Trinajstić information content (AvgIpc) is 3.04. The number of amides is 2. The molecule has 23 heavy (non-hydrogen) atoms. The molecule has 0 saturated heterocycles. The molecule has 1 aromatic heterocycles. The standard InChI is InChI=1S/C15H14F2N2O4/c1-15(22,11-6-3-7-23-11)8-18-13(20)14(21)19-10-5-2-4-9(16)12(10)17/h2-7,22H,8H2,1H3,(H,18,20)(H,19,21). The number of benzene rings is 1. The van der Waals surface area contributed by atoms with Crippen LogP contribution in [0.4, 0.5) is 14.5 Å². The number of hydrogen-bond acceptors (Lipinski definition) is 4. The summed E-state index contributed by atoms with van der Waals surface area (Å²) in [6, 6.07) is 6.25. The Morgan fingerprint density at radius 3 is 2.61 bits per heavy atom. The maximum absolute atomic E-state index is 13.4. The second kappa shape index (κ2) is 6.57. The van der Waals surface area contributed by atoms with Crippen molar-refractivity contribution in [2.75, 3.05) is 11.9 Å². The van der Waals surface area contributed by atoms with E-state index in [0.29, 0.717) is 0 Å². The Labute approximate surface area is 130 Å². The molecule has 0 aliphatic rings. The first-order chi connectivity index (χ1) is 10.8. The molecule has 0 saturated carbocycles. The van der Waals surface area contributed by atoms with Crippen molar-refractivity contribution in [3.05, 3.63) is 54.0 Å². The predicted octanol–water partition coefficient (Wildman–Crippen LogP) is 1.52. The first kappa shape index (κ1) is 16.6. The molecular weight excluding hydrogens is 310 g/mol. The van der Waals surface area contributed by atoms with E-state index in [2.05, 4.69) is 5.32 Å². The summed E-state index contributed by atoms with van der Waals surface area (Å²) in [7, 11) is 0. The van der Waals surface area contributed by atoms with E-state index in [0.717, 1.165) is 12.1 Å². The first-order valence-corrected chi connectivity index (χ1v) is 6.61. The summed E-state index contributed by atoms with van der Waals surface area (Å²) in [6.07, 6.45) is 1.35. The van der Waals surface area contributed by atoms with E-state index in [1.807, 2.05) is 5.32 Å². The summed E-state index contributed by atoms with van der Waals surface area (Å²) in [5.41, 5.74) is -1.98. The molecule has 0 aliphatic carbocycles. The fourth-order valence-electron chi connectivity index (χ4n) is 1.78. The van der Waals surface area contributed by atoms with Crippen molar-refractivity contribution in [2.45, 2.75) is 12.5 Å². The number of nitrogens with one attached hydrogen (secondary N) is 2. The zero-order valence-electron chi connectivity index (χ0n) is 12.1. The number of furan rings is 1. The van der Waals surface area contributed by atoms with Crippen LogP contribution in [0, 0.1) is 11.6 Å². The van der Waals surface area contributed by atoms with Crippen LogP contribution in [0.3, 0.4) is 0 Å². The van der Waals surface area contributed by atoms with E-state index in [-0.39, 0.29) is 12.3 Å². The van der Waals surface area contributed by atoms with Crippen molar-refractivity contribution in [2.24, 2.45) is 0 Å². The molecule has 2 aromatic rings. The summed E-state index contributed by atoms with van der Waals surface area (Å²) in [6.45, 7) is 1.08. The number of rotatable bonds is 4. The van der Waals surface area contributed by atoms with Gasteiger partial charge in [-0.05, 0) is 31.2 Å². The van der Waals surface area contributed by atoms with Gasteiger partial charge in [-0.25, -0.2) is 8.78 Å². The first-order valence-electron chi connectivity index (χ1n) is 6.61. The lowest BCUT2D eigenvalue weighted by molar-refractivity contribution is -0.136. The number of carbonyl (C=O) groups is 2. The molecule has 8 heteroatoms. The van der Waals surface area contributed by atoms with Crippen molar-refractivity contribution in [3.63, 3.8) is 0 Å². The maximum atomic E-state index is 13.4. The quantitative estimate of drug-likeness (QED) is 0.744. The number of anilines is 1. The van der Waals surface area contributed by atoms with Crippen molar-refractivity contribution in [1.82, 2.24) is 5.32 Å². The predicted molar refractivity (Wildman–Crippen MR) is 76.3 cm³/mol. The van der Waals surface area contributed by atoms with Gasteiger partial charge < -0.3 is 20.2 Å². The average molecular weight is 324 g/mol. The highest BCUT2D eigenvalue weighted by Crippen LogP contribution is 2.20. The number of hydrogen-bond donors (Lipinski definition) is 3. The number of halogens is 2. The van der Waals surface area contributed by atoms with Crippen molar-refractivity contribution < 1.29 is 27.9 Å². The molecule has 2 amide bonds. The Hall–Kier alpha value is -2.74. The molecule has 0 aliphatic heterocycles. The Kier molecular flexibility index (Phi) is 4.75. The van der Waals surface area contributed by atoms with Crippen LogP contribution in [0.25, 0.3) is 0 Å². The number of aliphatic hydroxyl groups is 1. The lowest BCUT2D eigenvalue weighted by Gasteiger charge is -2.20. The lowest BCUT2D eigenvalue weighted by atomic mass is 10.0. The molecule has 6 nitrogen and oxygen atoms in total. The maximum Gasteiger partial charge on any atom is 0.313 e. The van der Waals surface area contributed by atoms with Crippen molar-refractivity contribution >= 4 is 17.5 Å². The van der Waals surface area contributed by atoms with Gasteiger partial charge in [-0.1, -0.05) is 6.07 Å². The summed E-state index contributed by atoms with van der Waals surface area (Å²) in [4.78, 5) is 23.3. The molecule has 1 unspecified atom stereocenters. The van der Waals surface area contributed by atoms with E-state index in [9.17, 15) is 23.5 Å². The van der Waals surface area contributed by atoms with Crippen LogP contribution in [0.15, 0.2) is 41.0 Å². The third kappa shape index (κ3) is 3.92. The largest absolute Gasteiger partial charge is 0.466 e. The summed E-state index contributed by atoms with van der Waals surface area (Å²) >= 11 is 0. The lowest BCUT2D eigenvalue weighted by Crippen LogP contribution is -2.43. The molecule has 0 bridgehead atoms. The zero-order chi connectivity index (χ0) is 17.0. The summed E-state index contributed by atoms with van der Waals surface area (Å²) < 4.78 is 31.5. The van der Waals surface area contributed by atoms with Gasteiger partial charge in [0.2, 0.25) is 0 Å². The summed E-state index contributed by atoms with van der Waals surface area (Å²) in [5, 5.41) is 14.3. The van der Waals surface area contributed by atoms with Gasteiger partial charge in [0.05, 0.1) is 18.5 Å². The van der Waals surface area contributed by atoms with Crippen LogP contribution in [-0.4, -0.2) is 23.5 Å². The second-order valence-corrected chi connectivity index (χ2v) is 4.99. The third-order valence-electron chi connectivity index (χ3n) is 3.05. The van der Waals surface area contributed by atoms with E-state index < -0.39 is 34.7 Å². The van der Waals surface area contributed by atoms with Gasteiger partial charge in [0, 0.05) is 0 Å². The highest BCUT2D eigenvalue weighted by atomic mass is 19.2. The fourth-order valence-corrected chi connectivity index (χ4v) is 1.78. The molecule has 2 rings (SSSR count). The van der Waals surface area contributed by atoms with Crippen LogP contribution in [0.2, 0.25) is 0 Å². The third-order valence-corrected chi connectivity index (χ3v) is 3.05. The monoisotopic (exact) mass is 324 g/mol. The van der Waals surface area contributed by atoms with Crippen LogP contribution in [-0.2, 0) is 15.2 Å². The molecule has 3 N–H and O–H groups in total. The van der Waals surface area contributed by atoms with Gasteiger partial charge in [0.15, 0.2) is 11.6 Å². The highest BCUT2D eigenvalue weighted by Gasteiger charge is 2.28.